The molecule has 0 bridgehead atoms. The quantitative estimate of drug-likeness (QED) is 0.401. The van der Waals surface area contributed by atoms with Crippen molar-refractivity contribution >= 4 is 35.8 Å². The maximum atomic E-state index is 5.81. The van der Waals surface area contributed by atoms with Crippen molar-refractivity contribution in [1.29, 1.82) is 0 Å². The minimum absolute atomic E-state index is 0.280. The number of pyridine rings is 1. The van der Waals surface area contributed by atoms with Crippen LogP contribution in [0.4, 0.5) is 0 Å². The smallest absolute Gasteiger partial charge is 0.148 e. The molecule has 0 amide bonds. The lowest BCUT2D eigenvalue weighted by molar-refractivity contribution is 1.32. The molecular weight excluding hydrogens is 213 g/mol. The van der Waals surface area contributed by atoms with Gasteiger partial charge in [0, 0.05) is 11.8 Å². The molecule has 0 aliphatic rings. The number of hydrogen-bond donors (Lipinski definition) is 1. The van der Waals surface area contributed by atoms with Gasteiger partial charge in [0.05, 0.1) is 10.8 Å². The molecule has 4 heteroatoms. The van der Waals surface area contributed by atoms with Crippen molar-refractivity contribution < 1.29 is 0 Å². The number of hydrogen-bond acceptors (Lipinski definition) is 2. The van der Waals surface area contributed by atoms with Gasteiger partial charge in [0.2, 0.25) is 0 Å². The molecule has 1 rings (SSSR count). The van der Waals surface area contributed by atoms with E-state index in [-0.39, 0.29) is 5.15 Å². The van der Waals surface area contributed by atoms with E-state index >= 15 is 0 Å². The van der Waals surface area contributed by atoms with E-state index in [1.807, 2.05) is 0 Å². The van der Waals surface area contributed by atoms with Gasteiger partial charge in [-0.2, -0.15) is 12.6 Å². The topological polar surface area (TPSA) is 12.9 Å². The predicted molar refractivity (Wildman–Crippen MR) is 55.0 cm³/mol. The summed E-state index contributed by atoms with van der Waals surface area (Å²) in [4.78, 5) is 3.79. The summed E-state index contributed by atoms with van der Waals surface area (Å²) in [6.07, 6.45) is 1.57. The van der Waals surface area contributed by atoms with Crippen LogP contribution in [-0.4, -0.2) is 10.7 Å². The summed E-state index contributed by atoms with van der Waals surface area (Å²) in [5.41, 5.74) is 0.686. The maximum absolute atomic E-state index is 5.81. The number of aromatic nitrogens is 1. The van der Waals surface area contributed by atoms with E-state index in [2.05, 4.69) is 29.5 Å². The summed E-state index contributed by atoms with van der Waals surface area (Å²) in [7, 11) is 0. The molecule has 1 aromatic heterocycles. The lowest BCUT2D eigenvalue weighted by atomic mass is 10.3. The number of halogens is 2. The summed E-state index contributed by atoms with van der Waals surface area (Å²) in [5, 5.41) is 0.677. The minimum Gasteiger partial charge on any atom is -0.243 e. The van der Waals surface area contributed by atoms with Crippen LogP contribution in [0.15, 0.2) is 12.3 Å². The highest BCUT2D eigenvalue weighted by Gasteiger charge is 2.01. The van der Waals surface area contributed by atoms with Crippen LogP contribution in [0.25, 0.3) is 0 Å². The first-order valence-electron chi connectivity index (χ1n) is 3.15. The Bertz CT molecular complexity index is 341. The van der Waals surface area contributed by atoms with Crippen molar-refractivity contribution in [1.82, 2.24) is 4.98 Å². The molecule has 1 heterocycles. The molecule has 0 aliphatic heterocycles. The van der Waals surface area contributed by atoms with E-state index in [0.717, 1.165) is 0 Å². The summed E-state index contributed by atoms with van der Waals surface area (Å²) in [6.45, 7) is 0. The summed E-state index contributed by atoms with van der Waals surface area (Å²) >= 11 is 15.4. The van der Waals surface area contributed by atoms with Gasteiger partial charge >= 0.3 is 0 Å². The largest absolute Gasteiger partial charge is 0.243 e. The van der Waals surface area contributed by atoms with Crippen molar-refractivity contribution in [2.24, 2.45) is 0 Å². The molecule has 0 radical (unpaired) electrons. The first kappa shape index (κ1) is 9.73. The highest BCUT2D eigenvalue weighted by Crippen LogP contribution is 2.21. The Morgan fingerprint density at radius 2 is 2.25 bits per heavy atom. The van der Waals surface area contributed by atoms with E-state index in [1.54, 1.807) is 12.3 Å². The zero-order chi connectivity index (χ0) is 8.97. The minimum atomic E-state index is 0.280. The number of thiol groups is 1. The van der Waals surface area contributed by atoms with Gasteiger partial charge in [0.15, 0.2) is 0 Å². The summed E-state index contributed by atoms with van der Waals surface area (Å²) in [6, 6.07) is 1.71. The molecule has 62 valence electrons. The van der Waals surface area contributed by atoms with Crippen LogP contribution < -0.4 is 0 Å². The Balaban J connectivity index is 3.08. The molecule has 0 N–H and O–H groups in total. The molecule has 12 heavy (non-hydrogen) atoms. The third-order valence-corrected chi connectivity index (χ3v) is 2.07. The predicted octanol–water partition coefficient (Wildman–Crippen LogP) is 2.67. The highest BCUT2D eigenvalue weighted by atomic mass is 35.5. The molecule has 0 aliphatic carbocycles. The SMILES string of the molecule is SCC#Cc1ccnc(Cl)c1Cl. The zero-order valence-electron chi connectivity index (χ0n) is 6.01. The number of nitrogens with zero attached hydrogens (tertiary/aromatic N) is 1. The van der Waals surface area contributed by atoms with E-state index in [1.165, 1.54) is 0 Å². The van der Waals surface area contributed by atoms with Crippen molar-refractivity contribution in [3.8, 4) is 11.8 Å². The lowest BCUT2D eigenvalue weighted by Crippen LogP contribution is -1.81. The van der Waals surface area contributed by atoms with Crippen molar-refractivity contribution in [2.45, 2.75) is 0 Å². The average molecular weight is 218 g/mol. The second kappa shape index (κ2) is 4.61. The standard InChI is InChI=1S/C8H5Cl2NS/c9-7-6(2-1-5-12)3-4-11-8(7)10/h3-4,12H,5H2. The first-order chi connectivity index (χ1) is 5.75. The van der Waals surface area contributed by atoms with Crippen LogP contribution >= 0.6 is 35.8 Å². The van der Waals surface area contributed by atoms with E-state index in [4.69, 9.17) is 23.2 Å². The third kappa shape index (κ3) is 2.31. The maximum Gasteiger partial charge on any atom is 0.148 e. The first-order valence-corrected chi connectivity index (χ1v) is 4.54. The van der Waals surface area contributed by atoms with Gasteiger partial charge in [-0.05, 0) is 6.07 Å². The molecule has 0 aromatic carbocycles. The van der Waals surface area contributed by atoms with Gasteiger partial charge in [-0.25, -0.2) is 4.98 Å². The van der Waals surface area contributed by atoms with Gasteiger partial charge in [0.25, 0.3) is 0 Å². The van der Waals surface area contributed by atoms with Crippen LogP contribution in [0.2, 0.25) is 10.2 Å². The second-order valence-corrected chi connectivity index (χ2v) is 2.98. The molecule has 0 unspecified atom stereocenters. The molecule has 0 saturated heterocycles. The van der Waals surface area contributed by atoms with Crippen LogP contribution in [0, 0.1) is 11.8 Å². The summed E-state index contributed by atoms with van der Waals surface area (Å²) in [5.74, 6) is 6.09. The fourth-order valence-electron chi connectivity index (χ4n) is 0.649. The molecule has 0 fully saturated rings. The van der Waals surface area contributed by atoms with E-state index in [9.17, 15) is 0 Å². The van der Waals surface area contributed by atoms with E-state index < -0.39 is 0 Å². The van der Waals surface area contributed by atoms with Crippen molar-refractivity contribution in [3.05, 3.63) is 28.0 Å². The van der Waals surface area contributed by atoms with Crippen molar-refractivity contribution in [3.63, 3.8) is 0 Å². The Morgan fingerprint density at radius 3 is 2.92 bits per heavy atom. The Morgan fingerprint density at radius 1 is 1.50 bits per heavy atom. The Kier molecular flexibility index (Phi) is 3.74. The number of rotatable bonds is 0. The van der Waals surface area contributed by atoms with E-state index in [0.29, 0.717) is 16.3 Å². The average Bonchev–Trinajstić information content (AvgIpc) is 2.08. The van der Waals surface area contributed by atoms with Gasteiger partial charge in [-0.15, -0.1) is 0 Å². The fourth-order valence-corrected chi connectivity index (χ4v) is 1.05. The fraction of sp³-hybridized carbons (Fsp3) is 0.125. The molecule has 0 atom stereocenters. The normalized spacial score (nSPS) is 8.92. The monoisotopic (exact) mass is 217 g/mol. The Labute approximate surface area is 86.5 Å². The second-order valence-electron chi connectivity index (χ2n) is 1.92. The molecule has 1 aromatic rings. The van der Waals surface area contributed by atoms with Crippen molar-refractivity contribution in [2.75, 3.05) is 5.75 Å². The molecule has 1 nitrogen and oxygen atoms in total. The van der Waals surface area contributed by atoms with Crippen LogP contribution in [0.3, 0.4) is 0 Å². The van der Waals surface area contributed by atoms with Gasteiger partial charge < -0.3 is 0 Å². The molecule has 0 saturated carbocycles. The lowest BCUT2D eigenvalue weighted by Gasteiger charge is -1.95. The van der Waals surface area contributed by atoms with Gasteiger partial charge in [-0.3, -0.25) is 0 Å². The van der Waals surface area contributed by atoms with Crippen LogP contribution in [-0.2, 0) is 0 Å². The zero-order valence-corrected chi connectivity index (χ0v) is 8.42. The van der Waals surface area contributed by atoms with Crippen LogP contribution in [0.1, 0.15) is 5.56 Å². The van der Waals surface area contributed by atoms with Gasteiger partial charge in [-0.1, -0.05) is 35.0 Å². The Hall–Kier alpha value is -0.360. The van der Waals surface area contributed by atoms with Crippen LogP contribution in [0.5, 0.6) is 0 Å². The van der Waals surface area contributed by atoms with Gasteiger partial charge in [0.1, 0.15) is 5.15 Å². The highest BCUT2D eigenvalue weighted by molar-refractivity contribution is 7.80. The molecular formula is C8H5Cl2NS. The third-order valence-electron chi connectivity index (χ3n) is 1.15. The summed E-state index contributed by atoms with van der Waals surface area (Å²) < 4.78 is 0. The molecule has 0 spiro atoms.